The average molecular weight is 382 g/mol. The lowest BCUT2D eigenvalue weighted by molar-refractivity contribution is -0.380. The summed E-state index contributed by atoms with van der Waals surface area (Å²) in [6.07, 6.45) is 3.80. The summed E-state index contributed by atoms with van der Waals surface area (Å²) >= 11 is 4.38. The first kappa shape index (κ1) is 18.4. The summed E-state index contributed by atoms with van der Waals surface area (Å²) < 4.78 is 6.16. The SMILES string of the molecule is C=C(C)C(=O)OCCSc1ccc(/C=C/c2ccc([N+](=O)[O-])s2)s1. The molecule has 0 aliphatic carbocycles. The highest BCUT2D eigenvalue weighted by atomic mass is 32.2. The molecule has 24 heavy (non-hydrogen) atoms. The largest absolute Gasteiger partial charge is 0.461 e. The molecule has 2 heterocycles. The predicted molar refractivity (Wildman–Crippen MR) is 101 cm³/mol. The van der Waals surface area contributed by atoms with Crippen LogP contribution in [-0.4, -0.2) is 23.3 Å². The summed E-state index contributed by atoms with van der Waals surface area (Å²) in [5.41, 5.74) is 0.400. The number of nitro groups is 1. The Labute approximate surface area is 151 Å². The van der Waals surface area contributed by atoms with Gasteiger partial charge in [-0.3, -0.25) is 10.1 Å². The molecule has 0 spiro atoms. The molecule has 0 atom stereocenters. The van der Waals surface area contributed by atoms with E-state index in [1.807, 2.05) is 24.3 Å². The number of thioether (sulfide) groups is 1. The number of carbonyl (C=O) groups excluding carboxylic acids is 1. The minimum atomic E-state index is -0.386. The first-order chi connectivity index (χ1) is 11.5. The molecule has 0 amide bonds. The van der Waals surface area contributed by atoms with Gasteiger partial charge in [-0.1, -0.05) is 17.9 Å². The van der Waals surface area contributed by atoms with Gasteiger partial charge in [0.2, 0.25) is 0 Å². The first-order valence-electron chi connectivity index (χ1n) is 6.93. The highest BCUT2D eigenvalue weighted by molar-refractivity contribution is 8.01. The van der Waals surface area contributed by atoms with Gasteiger partial charge in [0.1, 0.15) is 6.61 Å². The van der Waals surface area contributed by atoms with E-state index in [-0.39, 0.29) is 15.9 Å². The maximum atomic E-state index is 11.2. The molecule has 0 N–H and O–H groups in total. The number of nitrogens with zero attached hydrogens (tertiary/aromatic N) is 1. The van der Waals surface area contributed by atoms with Crippen LogP contribution in [0.3, 0.4) is 0 Å². The number of hydrogen-bond donors (Lipinski definition) is 0. The number of thiophene rings is 2. The van der Waals surface area contributed by atoms with Crippen molar-refractivity contribution in [2.24, 2.45) is 0 Å². The van der Waals surface area contributed by atoms with E-state index in [0.29, 0.717) is 17.9 Å². The Kier molecular flexibility index (Phi) is 6.77. The third-order valence-electron chi connectivity index (χ3n) is 2.72. The molecule has 2 rings (SSSR count). The van der Waals surface area contributed by atoms with Crippen LogP contribution in [0.1, 0.15) is 16.7 Å². The summed E-state index contributed by atoms with van der Waals surface area (Å²) in [6, 6.07) is 7.24. The fourth-order valence-electron chi connectivity index (χ4n) is 1.60. The molecule has 0 saturated carbocycles. The van der Waals surface area contributed by atoms with Crippen molar-refractivity contribution >= 4 is 57.6 Å². The van der Waals surface area contributed by atoms with Crippen molar-refractivity contribution in [2.45, 2.75) is 11.1 Å². The van der Waals surface area contributed by atoms with Crippen molar-refractivity contribution in [3.8, 4) is 0 Å². The van der Waals surface area contributed by atoms with Crippen LogP contribution in [-0.2, 0) is 9.53 Å². The Morgan fingerprint density at radius 3 is 2.58 bits per heavy atom. The van der Waals surface area contributed by atoms with Crippen molar-refractivity contribution < 1.29 is 14.5 Å². The molecular weight excluding hydrogens is 366 g/mol. The Balaban J connectivity index is 1.82. The third-order valence-corrected chi connectivity index (χ3v) is 5.96. The van der Waals surface area contributed by atoms with Crippen LogP contribution >= 0.6 is 34.4 Å². The number of hydrogen-bond acceptors (Lipinski definition) is 7. The van der Waals surface area contributed by atoms with E-state index < -0.39 is 0 Å². The lowest BCUT2D eigenvalue weighted by atomic mass is 10.3. The van der Waals surface area contributed by atoms with Gasteiger partial charge < -0.3 is 4.74 Å². The Hall–Kier alpha value is -1.90. The zero-order chi connectivity index (χ0) is 17.5. The van der Waals surface area contributed by atoms with E-state index in [0.717, 1.165) is 25.3 Å². The second-order valence-corrected chi connectivity index (χ2v) is 8.29. The van der Waals surface area contributed by atoms with Crippen LogP contribution < -0.4 is 0 Å². The molecule has 0 aliphatic rings. The second kappa shape index (κ2) is 8.81. The molecule has 126 valence electrons. The van der Waals surface area contributed by atoms with Gasteiger partial charge in [0.15, 0.2) is 0 Å². The van der Waals surface area contributed by atoms with Crippen molar-refractivity contribution in [1.29, 1.82) is 0 Å². The summed E-state index contributed by atoms with van der Waals surface area (Å²) in [6.45, 7) is 5.49. The van der Waals surface area contributed by atoms with E-state index in [9.17, 15) is 14.9 Å². The molecule has 5 nitrogen and oxygen atoms in total. The van der Waals surface area contributed by atoms with E-state index in [2.05, 4.69) is 6.58 Å². The van der Waals surface area contributed by atoms with Crippen LogP contribution in [0.2, 0.25) is 0 Å². The molecule has 0 fully saturated rings. The van der Waals surface area contributed by atoms with Gasteiger partial charge in [-0.05, 0) is 37.3 Å². The van der Waals surface area contributed by atoms with Crippen LogP contribution in [0.15, 0.2) is 40.6 Å². The van der Waals surface area contributed by atoms with Gasteiger partial charge in [0.05, 0.1) is 9.13 Å². The van der Waals surface area contributed by atoms with Gasteiger partial charge in [-0.2, -0.15) is 0 Å². The normalized spacial score (nSPS) is 10.9. The third kappa shape index (κ3) is 5.63. The maximum Gasteiger partial charge on any atom is 0.333 e. The molecule has 2 aromatic rings. The van der Waals surface area contributed by atoms with Gasteiger partial charge in [0.25, 0.3) is 0 Å². The number of carbonyl (C=O) groups is 1. The van der Waals surface area contributed by atoms with Crippen LogP contribution in [0.25, 0.3) is 12.2 Å². The molecule has 0 aromatic carbocycles. The minimum absolute atomic E-state index is 0.140. The second-order valence-electron chi connectivity index (χ2n) is 4.69. The van der Waals surface area contributed by atoms with Gasteiger partial charge >= 0.3 is 11.0 Å². The lowest BCUT2D eigenvalue weighted by Gasteiger charge is -2.02. The van der Waals surface area contributed by atoms with Crippen molar-refractivity contribution in [3.05, 3.63) is 56.3 Å². The molecule has 0 radical (unpaired) electrons. The summed E-state index contributed by atoms with van der Waals surface area (Å²) in [5.74, 6) is 0.315. The fraction of sp³-hybridized carbons (Fsp3) is 0.188. The standard InChI is InChI=1S/C16H15NO4S3/c1-11(2)16(18)21-9-10-22-15-8-6-13(24-15)4-3-12-5-7-14(23-12)17(19)20/h3-8H,1,9-10H2,2H3/b4-3+. The molecule has 0 aliphatic heterocycles. The highest BCUT2D eigenvalue weighted by Crippen LogP contribution is 2.30. The van der Waals surface area contributed by atoms with Crippen molar-refractivity contribution in [1.82, 2.24) is 0 Å². The van der Waals surface area contributed by atoms with Crippen LogP contribution in [0.5, 0.6) is 0 Å². The fourth-order valence-corrected chi connectivity index (χ4v) is 4.27. The lowest BCUT2D eigenvalue weighted by Crippen LogP contribution is -2.07. The monoisotopic (exact) mass is 381 g/mol. The van der Waals surface area contributed by atoms with Gasteiger partial charge in [-0.15, -0.1) is 23.1 Å². The number of ether oxygens (including phenoxy) is 1. The van der Waals surface area contributed by atoms with Crippen molar-refractivity contribution in [2.75, 3.05) is 12.4 Å². The van der Waals surface area contributed by atoms with E-state index >= 15 is 0 Å². The van der Waals surface area contributed by atoms with E-state index in [1.54, 1.807) is 36.1 Å². The molecule has 0 saturated heterocycles. The maximum absolute atomic E-state index is 11.2. The highest BCUT2D eigenvalue weighted by Gasteiger charge is 2.08. The quantitative estimate of drug-likeness (QED) is 0.159. The predicted octanol–water partition coefficient (Wildman–Crippen LogP) is 5.10. The van der Waals surface area contributed by atoms with Crippen LogP contribution in [0, 0.1) is 10.1 Å². The molecule has 0 unspecified atom stereocenters. The molecule has 0 bridgehead atoms. The van der Waals surface area contributed by atoms with Crippen molar-refractivity contribution in [3.63, 3.8) is 0 Å². The van der Waals surface area contributed by atoms with Gasteiger partial charge in [-0.25, -0.2) is 4.79 Å². The molecule has 2 aromatic heterocycles. The van der Waals surface area contributed by atoms with Gasteiger partial charge in [0, 0.05) is 27.1 Å². The van der Waals surface area contributed by atoms with E-state index in [4.69, 9.17) is 4.74 Å². The molecular formula is C16H15NO4S3. The number of rotatable bonds is 8. The smallest absolute Gasteiger partial charge is 0.333 e. The minimum Gasteiger partial charge on any atom is -0.461 e. The number of esters is 1. The Bertz CT molecular complexity index is 776. The summed E-state index contributed by atoms with van der Waals surface area (Å²) in [5, 5.41) is 10.8. The Morgan fingerprint density at radius 2 is 1.96 bits per heavy atom. The average Bonchev–Trinajstić information content (AvgIpc) is 3.18. The molecule has 8 heteroatoms. The zero-order valence-electron chi connectivity index (χ0n) is 12.9. The topological polar surface area (TPSA) is 69.4 Å². The van der Waals surface area contributed by atoms with E-state index in [1.165, 1.54) is 6.07 Å². The van der Waals surface area contributed by atoms with Crippen LogP contribution in [0.4, 0.5) is 5.00 Å². The Morgan fingerprint density at radius 1 is 1.29 bits per heavy atom. The first-order valence-corrected chi connectivity index (χ1v) is 9.55. The summed E-state index contributed by atoms with van der Waals surface area (Å²) in [7, 11) is 0. The zero-order valence-corrected chi connectivity index (χ0v) is 15.3. The summed E-state index contributed by atoms with van der Waals surface area (Å²) in [4.78, 5) is 23.4.